The molecule has 0 amide bonds. The van der Waals surface area contributed by atoms with E-state index in [9.17, 15) is 10.2 Å². The monoisotopic (exact) mass is 434 g/mol. The second-order valence-electron chi connectivity index (χ2n) is 12.4. The summed E-state index contributed by atoms with van der Waals surface area (Å²) >= 11 is 0. The predicted octanol–water partition coefficient (Wildman–Crippen LogP) is 7.75. The van der Waals surface area contributed by atoms with Crippen molar-refractivity contribution in [2.75, 3.05) is 0 Å². The van der Waals surface area contributed by atoms with Gasteiger partial charge in [-0.1, -0.05) is 53.9 Å². The quantitative estimate of drug-likeness (QED) is 0.349. The molecule has 2 heteroatoms. The summed E-state index contributed by atoms with van der Waals surface area (Å²) in [5.74, 6) is 5.15. The predicted molar refractivity (Wildman–Crippen MR) is 132 cm³/mol. The molecule has 182 valence electrons. The Morgan fingerprint density at radius 3 is 2.48 bits per heavy atom. The third-order valence-electron chi connectivity index (χ3n) is 10.6. The van der Waals surface area contributed by atoms with E-state index in [1.807, 2.05) is 0 Å². The summed E-state index contributed by atoms with van der Waals surface area (Å²) in [4.78, 5) is 0. The van der Waals surface area contributed by atoms with Crippen LogP contribution in [0, 0.1) is 40.9 Å². The Morgan fingerprint density at radius 2 is 1.81 bits per heavy atom. The zero-order chi connectivity index (χ0) is 22.6. The molecule has 2 nitrogen and oxygen atoms in total. The van der Waals surface area contributed by atoms with Gasteiger partial charge in [0.2, 0.25) is 0 Å². The number of aliphatic hydroxyl groups excluding tert-OH is 1. The van der Waals surface area contributed by atoms with E-state index in [0.717, 1.165) is 67.6 Å². The minimum atomic E-state index is -0.409. The fourth-order valence-electron chi connectivity index (χ4n) is 8.56. The summed E-state index contributed by atoms with van der Waals surface area (Å²) in [7, 11) is 0. The molecule has 3 aliphatic carbocycles. The molecule has 0 spiro atoms. The Balaban J connectivity index is 1.58. The van der Waals surface area contributed by atoms with Crippen LogP contribution in [-0.4, -0.2) is 21.9 Å². The first-order valence-corrected chi connectivity index (χ1v) is 14.2. The Kier molecular flexibility index (Phi) is 8.98. The zero-order valence-corrected chi connectivity index (χ0v) is 21.5. The van der Waals surface area contributed by atoms with Crippen LogP contribution in [0.15, 0.2) is 0 Å². The molecule has 3 saturated carbocycles. The lowest BCUT2D eigenvalue weighted by atomic mass is 9.52. The fourth-order valence-corrected chi connectivity index (χ4v) is 8.56. The number of rotatable bonds is 11. The van der Waals surface area contributed by atoms with Crippen molar-refractivity contribution >= 4 is 0 Å². The standard InChI is InChI=1S/C29H54O2/c1-6-9-17-29(31,8-3)20-22-11-13-25-23(19-22)16-18-28(5)26(14-15-27(25)28)21(4)10-12-24(30)7-2/h21-27,30-31H,6-20H2,1-5H3/t21-,22-,23-,24+,25-,26-,27+,28-,29+/m1/s1. The summed E-state index contributed by atoms with van der Waals surface area (Å²) in [6.45, 7) is 11.6. The van der Waals surface area contributed by atoms with Gasteiger partial charge in [-0.2, -0.15) is 0 Å². The van der Waals surface area contributed by atoms with E-state index in [2.05, 4.69) is 34.6 Å². The second kappa shape index (κ2) is 10.9. The Bertz CT molecular complexity index is 547. The van der Waals surface area contributed by atoms with Crippen molar-refractivity contribution in [3.63, 3.8) is 0 Å². The smallest absolute Gasteiger partial charge is 0.0647 e. The molecule has 31 heavy (non-hydrogen) atoms. The maximum absolute atomic E-state index is 11.2. The largest absolute Gasteiger partial charge is 0.393 e. The van der Waals surface area contributed by atoms with Gasteiger partial charge in [0.05, 0.1) is 11.7 Å². The highest BCUT2D eigenvalue weighted by Crippen LogP contribution is 2.64. The molecular weight excluding hydrogens is 380 g/mol. The van der Waals surface area contributed by atoms with E-state index in [1.54, 1.807) is 0 Å². The summed E-state index contributed by atoms with van der Waals surface area (Å²) in [6.07, 6.45) is 18.2. The SMILES string of the molecule is CCCC[C@@](O)(CC)C[C@@H]1CC[C@@H]2[C@H](CC[C@]3(C)[C@@H]([C@H](C)CC[C@@H](O)CC)CC[C@@H]23)C1. The first-order chi connectivity index (χ1) is 14.8. The lowest BCUT2D eigenvalue weighted by Gasteiger charge is -2.53. The highest BCUT2D eigenvalue weighted by molar-refractivity contribution is 5.05. The molecule has 0 saturated heterocycles. The van der Waals surface area contributed by atoms with Crippen LogP contribution in [0.25, 0.3) is 0 Å². The van der Waals surface area contributed by atoms with Gasteiger partial charge < -0.3 is 10.2 Å². The van der Waals surface area contributed by atoms with Crippen LogP contribution >= 0.6 is 0 Å². The first kappa shape index (κ1) is 25.5. The molecule has 0 aromatic carbocycles. The van der Waals surface area contributed by atoms with E-state index in [0.29, 0.717) is 5.41 Å². The second-order valence-corrected chi connectivity index (χ2v) is 12.4. The Hall–Kier alpha value is -0.0800. The summed E-state index contributed by atoms with van der Waals surface area (Å²) in [5.41, 5.74) is 0.128. The van der Waals surface area contributed by atoms with Crippen molar-refractivity contribution in [3.05, 3.63) is 0 Å². The van der Waals surface area contributed by atoms with Crippen molar-refractivity contribution in [1.29, 1.82) is 0 Å². The molecule has 0 bridgehead atoms. The fraction of sp³-hybridized carbons (Fsp3) is 1.00. The van der Waals surface area contributed by atoms with Gasteiger partial charge in [-0.3, -0.25) is 0 Å². The number of unbranched alkanes of at least 4 members (excludes halogenated alkanes) is 1. The van der Waals surface area contributed by atoms with Crippen LogP contribution in [-0.2, 0) is 0 Å². The van der Waals surface area contributed by atoms with E-state index in [-0.39, 0.29) is 6.10 Å². The summed E-state index contributed by atoms with van der Waals surface area (Å²) in [6, 6.07) is 0. The molecule has 2 N–H and O–H groups in total. The average molecular weight is 435 g/mol. The van der Waals surface area contributed by atoms with E-state index >= 15 is 0 Å². The molecule has 0 aromatic rings. The average Bonchev–Trinajstić information content (AvgIpc) is 3.13. The van der Waals surface area contributed by atoms with Crippen LogP contribution in [0.5, 0.6) is 0 Å². The van der Waals surface area contributed by atoms with Crippen molar-refractivity contribution in [2.45, 2.75) is 143 Å². The highest BCUT2D eigenvalue weighted by atomic mass is 16.3. The summed E-state index contributed by atoms with van der Waals surface area (Å²) < 4.78 is 0. The number of aliphatic hydroxyl groups is 2. The van der Waals surface area contributed by atoms with Crippen LogP contribution in [0.2, 0.25) is 0 Å². The van der Waals surface area contributed by atoms with Gasteiger partial charge >= 0.3 is 0 Å². The first-order valence-electron chi connectivity index (χ1n) is 14.2. The maximum atomic E-state index is 11.2. The van der Waals surface area contributed by atoms with Crippen molar-refractivity contribution < 1.29 is 10.2 Å². The molecule has 3 aliphatic rings. The molecule has 3 rings (SSSR count). The lowest BCUT2D eigenvalue weighted by molar-refractivity contribution is -0.0515. The topological polar surface area (TPSA) is 40.5 Å². The van der Waals surface area contributed by atoms with Gasteiger partial charge in [-0.15, -0.1) is 0 Å². The van der Waals surface area contributed by atoms with Crippen molar-refractivity contribution in [1.82, 2.24) is 0 Å². The minimum Gasteiger partial charge on any atom is -0.393 e. The zero-order valence-electron chi connectivity index (χ0n) is 21.5. The molecule has 9 atom stereocenters. The third-order valence-corrected chi connectivity index (χ3v) is 10.6. The molecule has 0 heterocycles. The molecule has 0 aromatic heterocycles. The normalized spacial score (nSPS) is 39.4. The Labute approximate surface area is 194 Å². The van der Waals surface area contributed by atoms with E-state index in [4.69, 9.17) is 0 Å². The van der Waals surface area contributed by atoms with Crippen LogP contribution in [0.3, 0.4) is 0 Å². The molecule has 3 fully saturated rings. The number of hydrogen-bond donors (Lipinski definition) is 2. The van der Waals surface area contributed by atoms with Crippen LogP contribution in [0.4, 0.5) is 0 Å². The third kappa shape index (κ3) is 5.71. The molecule has 0 radical (unpaired) electrons. The summed E-state index contributed by atoms with van der Waals surface area (Å²) in [5, 5.41) is 21.2. The van der Waals surface area contributed by atoms with Gasteiger partial charge in [-0.25, -0.2) is 0 Å². The van der Waals surface area contributed by atoms with Crippen molar-refractivity contribution in [2.24, 2.45) is 40.9 Å². The maximum Gasteiger partial charge on any atom is 0.0647 e. The van der Waals surface area contributed by atoms with Crippen LogP contribution < -0.4 is 0 Å². The van der Waals surface area contributed by atoms with E-state index < -0.39 is 5.60 Å². The molecular formula is C29H54O2. The van der Waals surface area contributed by atoms with Gasteiger partial charge in [-0.05, 0) is 118 Å². The minimum absolute atomic E-state index is 0.0995. The van der Waals surface area contributed by atoms with E-state index in [1.165, 1.54) is 64.2 Å². The van der Waals surface area contributed by atoms with Gasteiger partial charge in [0.15, 0.2) is 0 Å². The molecule has 0 unspecified atom stereocenters. The molecule has 0 aliphatic heterocycles. The number of fused-ring (bicyclic) bond motifs is 3. The van der Waals surface area contributed by atoms with Crippen LogP contribution in [0.1, 0.15) is 131 Å². The lowest BCUT2D eigenvalue weighted by Crippen LogP contribution is -2.45. The highest BCUT2D eigenvalue weighted by Gasteiger charge is 2.55. The van der Waals surface area contributed by atoms with Gasteiger partial charge in [0.1, 0.15) is 0 Å². The van der Waals surface area contributed by atoms with Crippen molar-refractivity contribution in [3.8, 4) is 0 Å². The number of hydrogen-bond acceptors (Lipinski definition) is 2. The van der Waals surface area contributed by atoms with Gasteiger partial charge in [0, 0.05) is 0 Å². The Morgan fingerprint density at radius 1 is 1.03 bits per heavy atom. The van der Waals surface area contributed by atoms with Gasteiger partial charge in [0.25, 0.3) is 0 Å².